The number of carbonyl (C=O) groups excluding carboxylic acids is 1. The van der Waals surface area contributed by atoms with Crippen molar-refractivity contribution in [3.63, 3.8) is 0 Å². The zero-order valence-electron chi connectivity index (χ0n) is 23.5. The molecule has 2 fully saturated rings. The predicted octanol–water partition coefficient (Wildman–Crippen LogP) is 6.94. The van der Waals surface area contributed by atoms with E-state index in [0.29, 0.717) is 42.3 Å². The first-order valence-corrected chi connectivity index (χ1v) is 12.7. The Hall–Kier alpha value is -0.930. The predicted molar refractivity (Wildman–Crippen MR) is 139 cm³/mol. The lowest BCUT2D eigenvalue weighted by atomic mass is 9.73. The van der Waals surface area contributed by atoms with E-state index < -0.39 is 11.4 Å². The molecule has 0 spiro atoms. The highest BCUT2D eigenvalue weighted by Crippen LogP contribution is 2.60. The van der Waals surface area contributed by atoms with Crippen molar-refractivity contribution in [3.8, 4) is 0 Å². The minimum atomic E-state index is -0.855. The molecule has 0 bridgehead atoms. The monoisotopic (exact) mass is 466 g/mol. The lowest BCUT2D eigenvalue weighted by molar-refractivity contribution is -0.226. The minimum absolute atomic E-state index is 0.00556. The average molecular weight is 467 g/mol. The fourth-order valence-corrected chi connectivity index (χ4v) is 5.21. The number of fused-ring (bicyclic) bond motifs is 1. The van der Waals surface area contributed by atoms with Crippen LogP contribution in [0.4, 0.5) is 0 Å². The molecule has 4 nitrogen and oxygen atoms in total. The second kappa shape index (κ2) is 12.2. The molecule has 1 saturated heterocycles. The molecular weight excluding hydrogens is 412 g/mol. The van der Waals surface area contributed by atoms with E-state index in [1.807, 2.05) is 0 Å². The summed E-state index contributed by atoms with van der Waals surface area (Å²) in [6.45, 7) is 29.0. The van der Waals surface area contributed by atoms with E-state index in [9.17, 15) is 15.0 Å². The van der Waals surface area contributed by atoms with Gasteiger partial charge in [0.05, 0.1) is 11.2 Å². The molecule has 4 heteroatoms. The van der Waals surface area contributed by atoms with E-state index >= 15 is 0 Å². The van der Waals surface area contributed by atoms with Gasteiger partial charge in [-0.2, -0.15) is 0 Å². The average Bonchev–Trinajstić information content (AvgIpc) is 2.96. The van der Waals surface area contributed by atoms with Crippen molar-refractivity contribution < 1.29 is 19.7 Å². The van der Waals surface area contributed by atoms with Crippen molar-refractivity contribution in [1.29, 1.82) is 0 Å². The van der Waals surface area contributed by atoms with Crippen molar-refractivity contribution in [3.05, 3.63) is 18.9 Å². The van der Waals surface area contributed by atoms with Crippen molar-refractivity contribution in [1.82, 2.24) is 0 Å². The van der Waals surface area contributed by atoms with Gasteiger partial charge in [0.2, 0.25) is 0 Å². The second-order valence-corrected chi connectivity index (χ2v) is 12.7. The number of rotatable bonds is 7. The highest BCUT2D eigenvalue weighted by atomic mass is 16.6. The number of carbonyl (C=O) groups is 1. The Morgan fingerprint density at radius 1 is 1.15 bits per heavy atom. The second-order valence-electron chi connectivity index (χ2n) is 12.7. The Labute approximate surface area is 204 Å². The summed E-state index contributed by atoms with van der Waals surface area (Å²) < 4.78 is 5.82. The first-order valence-electron chi connectivity index (χ1n) is 12.7. The maximum absolute atomic E-state index is 12.1. The molecule has 0 radical (unpaired) electrons. The molecular formula is C29H54O4. The van der Waals surface area contributed by atoms with E-state index in [0.717, 1.165) is 19.3 Å². The van der Waals surface area contributed by atoms with Crippen molar-refractivity contribution >= 4 is 5.78 Å². The molecule has 0 amide bonds. The number of aliphatic hydroxyl groups is 2. The summed E-state index contributed by atoms with van der Waals surface area (Å²) in [7, 11) is 0. The van der Waals surface area contributed by atoms with Crippen LogP contribution in [0.2, 0.25) is 0 Å². The Morgan fingerprint density at radius 3 is 2.00 bits per heavy atom. The smallest absolute Gasteiger partial charge is 0.169 e. The fourth-order valence-electron chi connectivity index (χ4n) is 5.21. The van der Waals surface area contributed by atoms with Crippen molar-refractivity contribution in [2.75, 3.05) is 0 Å². The summed E-state index contributed by atoms with van der Waals surface area (Å²) in [6, 6.07) is 0. The van der Waals surface area contributed by atoms with Gasteiger partial charge in [0.1, 0.15) is 5.78 Å². The Kier molecular flexibility index (Phi) is 11.8. The van der Waals surface area contributed by atoms with Crippen LogP contribution in [-0.4, -0.2) is 33.0 Å². The van der Waals surface area contributed by atoms with E-state index in [-0.39, 0.29) is 16.9 Å². The summed E-state index contributed by atoms with van der Waals surface area (Å²) in [6.07, 6.45) is 4.02. The topological polar surface area (TPSA) is 66.8 Å². The molecule has 0 aromatic rings. The van der Waals surface area contributed by atoms with Gasteiger partial charge >= 0.3 is 0 Å². The minimum Gasteiger partial charge on any atom is -0.390 e. The van der Waals surface area contributed by atoms with Crippen LogP contribution in [-0.2, 0) is 9.53 Å². The van der Waals surface area contributed by atoms with E-state index in [1.165, 1.54) is 0 Å². The van der Waals surface area contributed by atoms with E-state index in [4.69, 9.17) is 4.74 Å². The summed E-state index contributed by atoms with van der Waals surface area (Å²) in [5.74, 6) is 1.04. The largest absolute Gasteiger partial charge is 0.390 e. The van der Waals surface area contributed by atoms with E-state index in [2.05, 4.69) is 81.2 Å². The van der Waals surface area contributed by atoms with Crippen LogP contribution in [0, 0.1) is 35.0 Å². The molecule has 1 aliphatic heterocycles. The van der Waals surface area contributed by atoms with Gasteiger partial charge in [-0.3, -0.25) is 4.79 Å². The van der Waals surface area contributed by atoms with Crippen molar-refractivity contribution in [2.24, 2.45) is 35.0 Å². The molecule has 1 aliphatic carbocycles. The molecule has 194 valence electrons. The number of hydrogen-bond donors (Lipinski definition) is 2. The highest BCUT2D eigenvalue weighted by molar-refractivity contribution is 5.81. The zero-order chi connectivity index (χ0) is 26.4. The van der Waals surface area contributed by atoms with Crippen LogP contribution >= 0.6 is 0 Å². The summed E-state index contributed by atoms with van der Waals surface area (Å²) in [4.78, 5) is 12.1. The van der Waals surface area contributed by atoms with Crippen LogP contribution < -0.4 is 0 Å². The van der Waals surface area contributed by atoms with Crippen LogP contribution in [0.15, 0.2) is 18.9 Å². The van der Waals surface area contributed by atoms with Gasteiger partial charge in [-0.15, -0.1) is 5.73 Å². The highest BCUT2D eigenvalue weighted by Gasteiger charge is 2.63. The number of Topliss-reactive ketones (excluding diaryl/α,β-unsaturated/α-hetero) is 1. The zero-order valence-corrected chi connectivity index (χ0v) is 23.5. The summed E-state index contributed by atoms with van der Waals surface area (Å²) >= 11 is 0. The first kappa shape index (κ1) is 32.1. The normalized spacial score (nSPS) is 29.0. The molecule has 0 aromatic carbocycles. The summed E-state index contributed by atoms with van der Waals surface area (Å²) in [5, 5.41) is 20.3. The SMILES string of the molecule is C=C=C.CC1CC2(O)OC(C)(C)CC2C1(C)C.CCC(C)CC(=O)C(CC(C)(C)O)C(C)C. The first-order chi connectivity index (χ1) is 14.8. The van der Waals surface area contributed by atoms with Gasteiger partial charge < -0.3 is 14.9 Å². The molecule has 2 N–H and O–H groups in total. The van der Waals surface area contributed by atoms with Gasteiger partial charge in [-0.05, 0) is 63.7 Å². The fraction of sp³-hybridized carbons (Fsp3) is 0.862. The van der Waals surface area contributed by atoms with Gasteiger partial charge in [0.25, 0.3) is 0 Å². The van der Waals surface area contributed by atoms with Gasteiger partial charge in [0.15, 0.2) is 5.79 Å². The van der Waals surface area contributed by atoms with Crippen molar-refractivity contribution in [2.45, 2.75) is 125 Å². The lowest BCUT2D eigenvalue weighted by Crippen LogP contribution is -2.35. The number of ketones is 1. The third-order valence-electron chi connectivity index (χ3n) is 7.64. The summed E-state index contributed by atoms with van der Waals surface area (Å²) in [5.41, 5.74) is 1.54. The Morgan fingerprint density at radius 2 is 1.64 bits per heavy atom. The standard InChI is InChI=1S/C14H28O2.C12H22O2.C3H4/c1-7-11(4)8-13(15)12(10(2)3)9-14(5,6)16;1-8-6-12(13)9(11(8,4)5)7-10(2,3)14-12;1-3-2/h10-12,16H,7-9H2,1-6H3;8-9,13H,6-7H2,1-5H3;1-2H2. The van der Waals surface area contributed by atoms with Crippen LogP contribution in [0.25, 0.3) is 0 Å². The molecule has 33 heavy (non-hydrogen) atoms. The van der Waals surface area contributed by atoms with Crippen LogP contribution in [0.1, 0.15) is 108 Å². The maximum atomic E-state index is 12.1. The Bertz CT molecular complexity index is 649. The van der Waals surface area contributed by atoms with Crippen LogP contribution in [0.3, 0.4) is 0 Å². The number of ether oxygens (including phenoxy) is 1. The van der Waals surface area contributed by atoms with Gasteiger partial charge in [-0.25, -0.2) is 0 Å². The third kappa shape index (κ3) is 9.68. The lowest BCUT2D eigenvalue weighted by Gasteiger charge is -2.31. The molecule has 1 heterocycles. The van der Waals surface area contributed by atoms with E-state index in [1.54, 1.807) is 13.8 Å². The third-order valence-corrected chi connectivity index (χ3v) is 7.64. The van der Waals surface area contributed by atoms with Gasteiger partial charge in [-0.1, -0.05) is 68.0 Å². The van der Waals surface area contributed by atoms with Gasteiger partial charge in [0, 0.05) is 24.7 Å². The quantitative estimate of drug-likeness (QED) is 0.399. The number of hydrogen-bond acceptors (Lipinski definition) is 4. The molecule has 1 saturated carbocycles. The molecule has 5 unspecified atom stereocenters. The molecule has 0 aromatic heterocycles. The molecule has 2 rings (SSSR count). The molecule has 5 atom stereocenters. The maximum Gasteiger partial charge on any atom is 0.169 e. The van der Waals surface area contributed by atoms with Crippen LogP contribution in [0.5, 0.6) is 0 Å². The Balaban J connectivity index is 0.000000556. The molecule has 2 aliphatic rings.